The molecule has 0 saturated carbocycles. The Labute approximate surface area is 103 Å². The monoisotopic (exact) mass is 259 g/mol. The van der Waals surface area contributed by atoms with Crippen LogP contribution in [0.1, 0.15) is 6.92 Å². The second kappa shape index (κ2) is 6.44. The summed E-state index contributed by atoms with van der Waals surface area (Å²) in [5.74, 6) is -1.02. The number of guanidine groups is 1. The lowest BCUT2D eigenvalue weighted by atomic mass is 10.3. The van der Waals surface area contributed by atoms with Crippen molar-refractivity contribution < 1.29 is 8.78 Å². The van der Waals surface area contributed by atoms with Gasteiger partial charge in [0.25, 0.3) is 0 Å². The molecule has 17 heavy (non-hydrogen) atoms. The molecular weight excluding hydrogens is 244 g/mol. The van der Waals surface area contributed by atoms with Crippen LogP contribution in [0.5, 0.6) is 0 Å². The van der Waals surface area contributed by atoms with Gasteiger partial charge in [0.15, 0.2) is 5.96 Å². The highest BCUT2D eigenvalue weighted by atomic mass is 32.2. The fraction of sp³-hybridized carbons (Fsp3) is 0.364. The van der Waals surface area contributed by atoms with Crippen LogP contribution in [0.25, 0.3) is 0 Å². The summed E-state index contributed by atoms with van der Waals surface area (Å²) in [6, 6.07) is 3.12. The van der Waals surface area contributed by atoms with Crippen LogP contribution in [-0.4, -0.2) is 24.0 Å². The Morgan fingerprint density at radius 3 is 2.88 bits per heavy atom. The van der Waals surface area contributed by atoms with Gasteiger partial charge in [-0.15, -0.1) is 0 Å². The van der Waals surface area contributed by atoms with E-state index in [0.717, 1.165) is 18.2 Å². The summed E-state index contributed by atoms with van der Waals surface area (Å²) < 4.78 is 26.1. The largest absolute Gasteiger partial charge is 0.370 e. The van der Waals surface area contributed by atoms with Gasteiger partial charge in [0.1, 0.15) is 11.6 Å². The van der Waals surface area contributed by atoms with Crippen LogP contribution in [0.4, 0.5) is 14.5 Å². The highest BCUT2D eigenvalue weighted by molar-refractivity contribution is 7.99. The quantitative estimate of drug-likeness (QED) is 0.645. The molecule has 0 amide bonds. The van der Waals surface area contributed by atoms with Crippen molar-refractivity contribution in [3.05, 3.63) is 29.8 Å². The van der Waals surface area contributed by atoms with Crippen molar-refractivity contribution in [2.24, 2.45) is 10.7 Å². The molecule has 1 aromatic rings. The van der Waals surface area contributed by atoms with E-state index in [-0.39, 0.29) is 11.6 Å². The van der Waals surface area contributed by atoms with Gasteiger partial charge in [0.05, 0.1) is 12.2 Å². The lowest BCUT2D eigenvalue weighted by Gasteiger charge is -2.08. The van der Waals surface area contributed by atoms with Gasteiger partial charge in [-0.2, -0.15) is 11.8 Å². The van der Waals surface area contributed by atoms with E-state index in [2.05, 4.69) is 10.3 Å². The van der Waals surface area contributed by atoms with E-state index in [1.165, 1.54) is 0 Å². The molecule has 3 N–H and O–H groups in total. The van der Waals surface area contributed by atoms with E-state index < -0.39 is 11.6 Å². The highest BCUT2D eigenvalue weighted by Crippen LogP contribution is 2.14. The van der Waals surface area contributed by atoms with Gasteiger partial charge in [-0.25, -0.2) is 8.78 Å². The van der Waals surface area contributed by atoms with E-state index in [1.807, 2.05) is 13.2 Å². The minimum Gasteiger partial charge on any atom is -0.370 e. The molecule has 0 heterocycles. The Hall–Kier alpha value is -1.30. The number of nitrogens with two attached hydrogens (primary N) is 1. The van der Waals surface area contributed by atoms with Crippen molar-refractivity contribution in [3.8, 4) is 0 Å². The van der Waals surface area contributed by atoms with Crippen LogP contribution in [0.3, 0.4) is 0 Å². The molecule has 3 nitrogen and oxygen atoms in total. The summed E-state index contributed by atoms with van der Waals surface area (Å²) in [5, 5.41) is 2.86. The van der Waals surface area contributed by atoms with Crippen LogP contribution < -0.4 is 11.1 Å². The number of nitrogens with one attached hydrogen (secondary N) is 1. The Bertz CT molecular complexity index is 410. The van der Waals surface area contributed by atoms with Crippen LogP contribution >= 0.6 is 11.8 Å². The zero-order valence-electron chi connectivity index (χ0n) is 9.71. The van der Waals surface area contributed by atoms with Crippen molar-refractivity contribution in [1.82, 2.24) is 0 Å². The molecule has 94 valence electrons. The average molecular weight is 259 g/mol. The fourth-order valence-electron chi connectivity index (χ4n) is 1.07. The maximum absolute atomic E-state index is 13.3. The smallest absolute Gasteiger partial charge is 0.193 e. The molecule has 0 aliphatic rings. The van der Waals surface area contributed by atoms with Gasteiger partial charge < -0.3 is 11.1 Å². The van der Waals surface area contributed by atoms with Gasteiger partial charge in [-0.1, -0.05) is 6.92 Å². The third-order valence-electron chi connectivity index (χ3n) is 2.11. The molecule has 0 bridgehead atoms. The zero-order valence-corrected chi connectivity index (χ0v) is 10.5. The maximum Gasteiger partial charge on any atom is 0.193 e. The highest BCUT2D eigenvalue weighted by Gasteiger charge is 2.05. The van der Waals surface area contributed by atoms with Gasteiger partial charge in [0.2, 0.25) is 0 Å². The fourth-order valence-corrected chi connectivity index (χ4v) is 1.30. The first kappa shape index (κ1) is 13.8. The Kier molecular flexibility index (Phi) is 5.21. The maximum atomic E-state index is 13.3. The van der Waals surface area contributed by atoms with Crippen molar-refractivity contribution in [3.63, 3.8) is 0 Å². The lowest BCUT2D eigenvalue weighted by Crippen LogP contribution is -2.24. The molecule has 0 aliphatic heterocycles. The predicted molar refractivity (Wildman–Crippen MR) is 69.4 cm³/mol. The molecule has 1 rings (SSSR count). The molecular formula is C11H15F2N3S. The van der Waals surface area contributed by atoms with Crippen molar-refractivity contribution in [1.29, 1.82) is 0 Å². The first-order chi connectivity index (χ1) is 8.02. The average Bonchev–Trinajstić information content (AvgIpc) is 2.30. The second-order valence-electron chi connectivity index (χ2n) is 3.52. The van der Waals surface area contributed by atoms with Crippen molar-refractivity contribution in [2.45, 2.75) is 12.2 Å². The summed E-state index contributed by atoms with van der Waals surface area (Å²) in [5.41, 5.74) is 5.56. The summed E-state index contributed by atoms with van der Waals surface area (Å²) in [6.45, 7) is 2.53. The van der Waals surface area contributed by atoms with Crippen LogP contribution in [0.2, 0.25) is 0 Å². The number of thioether (sulfide) groups is 1. The number of aliphatic imine (C=N–C) groups is 1. The van der Waals surface area contributed by atoms with Gasteiger partial charge >= 0.3 is 0 Å². The zero-order chi connectivity index (χ0) is 12.8. The first-order valence-electron chi connectivity index (χ1n) is 5.07. The van der Waals surface area contributed by atoms with Gasteiger partial charge in [0, 0.05) is 11.3 Å². The summed E-state index contributed by atoms with van der Waals surface area (Å²) >= 11 is 1.65. The molecule has 1 aromatic carbocycles. The van der Waals surface area contributed by atoms with Crippen LogP contribution in [0.15, 0.2) is 23.2 Å². The lowest BCUT2D eigenvalue weighted by molar-refractivity contribution is 0.604. The number of rotatable bonds is 4. The number of benzene rings is 1. The Morgan fingerprint density at radius 2 is 2.24 bits per heavy atom. The number of anilines is 1. The van der Waals surface area contributed by atoms with Gasteiger partial charge in [-0.3, -0.25) is 4.99 Å². The number of halogens is 2. The van der Waals surface area contributed by atoms with Crippen LogP contribution in [0, 0.1) is 11.6 Å². The molecule has 6 heteroatoms. The number of nitrogens with zero attached hydrogens (tertiary/aromatic N) is 1. The Balaban J connectivity index is 2.67. The van der Waals surface area contributed by atoms with E-state index >= 15 is 0 Å². The third kappa shape index (κ3) is 4.60. The summed E-state index contributed by atoms with van der Waals surface area (Å²) in [7, 11) is 0. The Morgan fingerprint density at radius 1 is 1.53 bits per heavy atom. The minimum absolute atomic E-state index is 0.0111. The molecule has 1 atom stereocenters. The topological polar surface area (TPSA) is 50.4 Å². The number of hydrogen-bond donors (Lipinski definition) is 2. The van der Waals surface area contributed by atoms with E-state index in [4.69, 9.17) is 5.73 Å². The second-order valence-corrected chi connectivity index (χ2v) is 4.80. The molecule has 1 unspecified atom stereocenters. The van der Waals surface area contributed by atoms with Crippen molar-refractivity contribution >= 4 is 23.4 Å². The molecule has 0 saturated heterocycles. The molecule has 0 radical (unpaired) electrons. The SMILES string of the molecule is CSC(C)CN=C(N)Nc1cc(F)ccc1F. The molecule has 0 aliphatic carbocycles. The standard InChI is InChI=1S/C11H15F2N3S/c1-7(17-2)6-15-11(14)16-10-5-8(12)3-4-9(10)13/h3-5,7H,6H2,1-2H3,(H3,14,15,16). The third-order valence-corrected chi connectivity index (χ3v) is 3.07. The number of hydrogen-bond acceptors (Lipinski definition) is 2. The molecule has 0 fully saturated rings. The summed E-state index contributed by atoms with van der Waals surface area (Å²) in [6.07, 6.45) is 1.97. The van der Waals surface area contributed by atoms with E-state index in [0.29, 0.717) is 11.8 Å². The van der Waals surface area contributed by atoms with E-state index in [1.54, 1.807) is 11.8 Å². The minimum atomic E-state index is -0.567. The summed E-state index contributed by atoms with van der Waals surface area (Å²) in [4.78, 5) is 4.03. The first-order valence-corrected chi connectivity index (χ1v) is 6.36. The normalized spacial score (nSPS) is 13.5. The van der Waals surface area contributed by atoms with E-state index in [9.17, 15) is 8.78 Å². The predicted octanol–water partition coefficient (Wildman–Crippen LogP) is 2.44. The van der Waals surface area contributed by atoms with Crippen molar-refractivity contribution in [2.75, 3.05) is 18.1 Å². The molecule has 0 aromatic heterocycles. The van der Waals surface area contributed by atoms with Crippen LogP contribution in [-0.2, 0) is 0 Å². The van der Waals surface area contributed by atoms with Gasteiger partial charge in [-0.05, 0) is 18.4 Å². The molecule has 0 spiro atoms.